The molecule has 3 aromatic rings. The molecular weight excluding hydrogens is 751 g/mol. The largest absolute Gasteiger partial charge is 0.490 e. The summed E-state index contributed by atoms with van der Waals surface area (Å²) in [7, 11) is 0. The van der Waals surface area contributed by atoms with Crippen LogP contribution in [0.5, 0.6) is 5.75 Å². The Hall–Kier alpha value is -5.13. The molecule has 4 fully saturated rings. The van der Waals surface area contributed by atoms with Crippen molar-refractivity contribution >= 4 is 41.0 Å². The van der Waals surface area contributed by atoms with Crippen LogP contribution in [0, 0.1) is 23.1 Å². The van der Waals surface area contributed by atoms with Crippen LogP contribution in [-0.2, 0) is 16.1 Å². The quantitative estimate of drug-likeness (QED) is 0.285. The van der Waals surface area contributed by atoms with Crippen molar-refractivity contribution in [3.63, 3.8) is 0 Å². The molecule has 2 N–H and O–H groups in total. The Balaban J connectivity index is 0.834. The number of rotatable bonds is 9. The number of piperidine rings is 3. The lowest BCUT2D eigenvalue weighted by atomic mass is 9.87. The molecule has 4 aliphatic heterocycles. The van der Waals surface area contributed by atoms with Gasteiger partial charge in [-0.15, -0.1) is 10.2 Å². The predicted octanol–water partition coefficient (Wildman–Crippen LogP) is 5.20. The van der Waals surface area contributed by atoms with Crippen molar-refractivity contribution in [2.45, 2.75) is 94.9 Å². The normalized spacial score (nSPS) is 23.8. The lowest BCUT2D eigenvalue weighted by Gasteiger charge is -2.41. The Bertz CT molecular complexity index is 2090. The Morgan fingerprint density at radius 2 is 1.68 bits per heavy atom. The number of nitriles is 1. The van der Waals surface area contributed by atoms with E-state index in [1.54, 1.807) is 30.3 Å². The highest BCUT2D eigenvalue weighted by atomic mass is 35.5. The minimum Gasteiger partial charge on any atom is -0.490 e. The Kier molecular flexibility index (Phi) is 11.1. The number of halogens is 2. The van der Waals surface area contributed by atoms with E-state index in [0.717, 1.165) is 69.8 Å². The number of anilines is 1. The Morgan fingerprint density at radius 1 is 0.930 bits per heavy atom. The van der Waals surface area contributed by atoms with Crippen molar-refractivity contribution in [3.05, 3.63) is 81.3 Å². The standard InChI is InChI=1S/C42H46ClFN8O5/c43-33-21-32(4-1-27(33)22-45)57-31-5-2-30(3-6-31)52-38(53)10-8-36(41(52)55)51-24-29-19-28(20-34(44)39(29)42(51)56)26-13-15-49(16-14-26)23-25-11-17-50(18-12-25)37-9-7-35(40(46)54)47-48-37/h1,4,7,9,19-21,25-26,30-31,36H,2-3,5-6,8,10-18,23-24H2,(H2,46,54). The van der Waals surface area contributed by atoms with E-state index < -0.39 is 23.7 Å². The third kappa shape index (κ3) is 8.05. The van der Waals surface area contributed by atoms with Crippen LogP contribution in [0.2, 0.25) is 5.02 Å². The molecule has 1 aromatic heterocycles. The van der Waals surface area contributed by atoms with Gasteiger partial charge in [0, 0.05) is 44.7 Å². The molecule has 5 aliphatic rings. The van der Waals surface area contributed by atoms with Gasteiger partial charge >= 0.3 is 0 Å². The molecule has 8 rings (SSSR count). The molecule has 2 aromatic carbocycles. The second-order valence-electron chi connectivity index (χ2n) is 16.1. The van der Waals surface area contributed by atoms with E-state index in [2.05, 4.69) is 20.0 Å². The van der Waals surface area contributed by atoms with Crippen molar-refractivity contribution in [3.8, 4) is 11.8 Å². The summed E-state index contributed by atoms with van der Waals surface area (Å²) >= 11 is 6.17. The van der Waals surface area contributed by atoms with Crippen LogP contribution >= 0.6 is 11.6 Å². The lowest BCUT2D eigenvalue weighted by molar-refractivity contribution is -0.156. The summed E-state index contributed by atoms with van der Waals surface area (Å²) in [5.41, 5.74) is 7.35. The number of hydrogen-bond acceptors (Lipinski definition) is 10. The molecule has 0 radical (unpaired) electrons. The number of hydrogen-bond donors (Lipinski definition) is 1. The van der Waals surface area contributed by atoms with Gasteiger partial charge in [-0.3, -0.25) is 24.1 Å². The zero-order valence-corrected chi connectivity index (χ0v) is 32.5. The van der Waals surface area contributed by atoms with Crippen LogP contribution in [-0.4, -0.2) is 99.4 Å². The molecule has 57 heavy (non-hydrogen) atoms. The van der Waals surface area contributed by atoms with Gasteiger partial charge < -0.3 is 25.2 Å². The maximum absolute atomic E-state index is 15.8. The number of imide groups is 1. The molecule has 1 unspecified atom stereocenters. The van der Waals surface area contributed by atoms with E-state index in [1.807, 2.05) is 12.1 Å². The molecule has 5 heterocycles. The number of carbonyl (C=O) groups is 4. The third-order valence-electron chi connectivity index (χ3n) is 12.6. The number of nitrogens with two attached hydrogens (primary N) is 1. The zero-order valence-electron chi connectivity index (χ0n) is 31.7. The number of ether oxygens (including phenoxy) is 1. The maximum Gasteiger partial charge on any atom is 0.269 e. The van der Waals surface area contributed by atoms with E-state index >= 15 is 4.39 Å². The van der Waals surface area contributed by atoms with Gasteiger partial charge in [-0.1, -0.05) is 17.7 Å². The summed E-state index contributed by atoms with van der Waals surface area (Å²) < 4.78 is 21.9. The summed E-state index contributed by atoms with van der Waals surface area (Å²) in [6, 6.07) is 12.7. The first kappa shape index (κ1) is 38.7. The van der Waals surface area contributed by atoms with Gasteiger partial charge in [0.15, 0.2) is 11.5 Å². The van der Waals surface area contributed by atoms with Crippen molar-refractivity contribution in [1.82, 2.24) is 24.9 Å². The molecule has 3 saturated heterocycles. The van der Waals surface area contributed by atoms with E-state index in [4.69, 9.17) is 27.3 Å². The number of benzene rings is 2. The summed E-state index contributed by atoms with van der Waals surface area (Å²) in [5, 5.41) is 17.6. The van der Waals surface area contributed by atoms with Gasteiger partial charge in [0.1, 0.15) is 23.7 Å². The van der Waals surface area contributed by atoms with Crippen LogP contribution < -0.4 is 15.4 Å². The number of primary amides is 1. The second-order valence-corrected chi connectivity index (χ2v) is 16.5. The number of amides is 4. The molecule has 1 saturated carbocycles. The van der Waals surface area contributed by atoms with Crippen LogP contribution in [0.3, 0.4) is 0 Å². The molecule has 0 spiro atoms. The monoisotopic (exact) mass is 796 g/mol. The van der Waals surface area contributed by atoms with Gasteiger partial charge in [-0.25, -0.2) is 4.39 Å². The van der Waals surface area contributed by atoms with E-state index in [0.29, 0.717) is 53.5 Å². The minimum absolute atomic E-state index is 0.0362. The molecule has 1 atom stereocenters. The molecule has 1 aliphatic carbocycles. The number of aromatic nitrogens is 2. The lowest BCUT2D eigenvalue weighted by Crippen LogP contribution is -2.58. The van der Waals surface area contributed by atoms with Gasteiger partial charge in [0.25, 0.3) is 17.7 Å². The number of nitrogens with zero attached hydrogens (tertiary/aromatic N) is 7. The predicted molar refractivity (Wildman–Crippen MR) is 208 cm³/mol. The smallest absolute Gasteiger partial charge is 0.269 e. The number of fused-ring (bicyclic) bond motifs is 1. The van der Waals surface area contributed by atoms with Crippen molar-refractivity contribution in [2.24, 2.45) is 11.7 Å². The van der Waals surface area contributed by atoms with Crippen LogP contribution in [0.1, 0.15) is 108 Å². The Labute approximate surface area is 335 Å². The zero-order chi connectivity index (χ0) is 39.8. The Morgan fingerprint density at radius 3 is 2.35 bits per heavy atom. The highest BCUT2D eigenvalue weighted by Crippen LogP contribution is 2.38. The van der Waals surface area contributed by atoms with Crippen molar-refractivity contribution in [2.75, 3.05) is 37.6 Å². The number of carbonyl (C=O) groups excluding carboxylic acids is 4. The van der Waals surface area contributed by atoms with Gasteiger partial charge in [0.05, 0.1) is 22.3 Å². The highest BCUT2D eigenvalue weighted by Gasteiger charge is 2.46. The minimum atomic E-state index is -0.828. The molecule has 0 bridgehead atoms. The summed E-state index contributed by atoms with van der Waals surface area (Å²) in [4.78, 5) is 59.7. The van der Waals surface area contributed by atoms with Gasteiger partial charge in [-0.2, -0.15) is 5.26 Å². The van der Waals surface area contributed by atoms with E-state index in [-0.39, 0.29) is 60.5 Å². The first-order valence-electron chi connectivity index (χ1n) is 20.0. The van der Waals surface area contributed by atoms with Gasteiger partial charge in [0.2, 0.25) is 5.91 Å². The van der Waals surface area contributed by atoms with Crippen molar-refractivity contribution < 1.29 is 28.3 Å². The first-order valence-corrected chi connectivity index (χ1v) is 20.4. The molecule has 298 valence electrons. The summed E-state index contributed by atoms with van der Waals surface area (Å²) in [5.74, 6) is -0.206. The molecule has 4 amide bonds. The van der Waals surface area contributed by atoms with Crippen LogP contribution in [0.15, 0.2) is 42.5 Å². The van der Waals surface area contributed by atoms with Gasteiger partial charge in [-0.05, 0) is 124 Å². The summed E-state index contributed by atoms with van der Waals surface area (Å²) in [6.45, 7) is 4.70. The topological polar surface area (TPSA) is 166 Å². The highest BCUT2D eigenvalue weighted by molar-refractivity contribution is 6.31. The average molecular weight is 797 g/mol. The van der Waals surface area contributed by atoms with E-state index in [1.165, 1.54) is 15.9 Å². The third-order valence-corrected chi connectivity index (χ3v) is 12.9. The molecule has 13 nitrogen and oxygen atoms in total. The first-order chi connectivity index (χ1) is 27.6. The fourth-order valence-electron chi connectivity index (χ4n) is 9.46. The van der Waals surface area contributed by atoms with E-state index in [9.17, 15) is 19.2 Å². The average Bonchev–Trinajstić information content (AvgIpc) is 3.55. The fourth-order valence-corrected chi connectivity index (χ4v) is 9.67. The molecular formula is C42H46ClFN8O5. The SMILES string of the molecule is N#Cc1ccc(OC2CCC(N3C(=O)CCC(N4Cc5cc(C6CCN(CC7CCN(c8ccc(C(N)=O)nn8)CC7)CC6)cc(F)c5C4=O)C3=O)CC2)cc1Cl. The molecule has 15 heteroatoms. The second kappa shape index (κ2) is 16.4. The maximum atomic E-state index is 15.8. The fraction of sp³-hybridized carbons (Fsp3) is 0.500. The van der Waals surface area contributed by atoms with Crippen molar-refractivity contribution in [1.29, 1.82) is 5.26 Å². The summed E-state index contributed by atoms with van der Waals surface area (Å²) in [6.07, 6.45) is 6.45. The van der Waals surface area contributed by atoms with Crippen LogP contribution in [0.25, 0.3) is 0 Å². The van der Waals surface area contributed by atoms with Crippen LogP contribution in [0.4, 0.5) is 10.2 Å². The number of likely N-dealkylation sites (tertiary alicyclic amines) is 2.